The van der Waals surface area contributed by atoms with E-state index in [4.69, 9.17) is 11.6 Å². The van der Waals surface area contributed by atoms with Gasteiger partial charge in [-0.05, 0) is 51.9 Å². The monoisotopic (exact) mass is 334 g/mol. The van der Waals surface area contributed by atoms with Crippen LogP contribution in [0.1, 0.15) is 5.56 Å². The van der Waals surface area contributed by atoms with Crippen LogP contribution in [0.4, 0.5) is 0 Å². The van der Waals surface area contributed by atoms with Crippen molar-refractivity contribution in [1.82, 2.24) is 4.90 Å². The lowest BCUT2D eigenvalue weighted by atomic mass is 10.2. The lowest BCUT2D eigenvalue weighted by Crippen LogP contribution is -2.27. The quantitative estimate of drug-likeness (QED) is 0.720. The minimum atomic E-state index is -0.133. The van der Waals surface area contributed by atoms with Crippen LogP contribution in [-0.2, 0) is 4.79 Å². The SMILES string of the molecule is O=C1/C(=C/c2ccc(Cl)cc2)N=C2C=CC(Br)=CN12. The molecule has 1 aromatic rings. The van der Waals surface area contributed by atoms with Crippen molar-refractivity contribution in [3.8, 4) is 0 Å². The standard InChI is InChI=1S/C14H8BrClN2O/c15-10-3-6-13-17-12(14(19)18(13)8-10)7-9-1-4-11(16)5-2-9/h1-8H/b12-7-. The van der Waals surface area contributed by atoms with Gasteiger partial charge in [-0.2, -0.15) is 0 Å². The maximum atomic E-state index is 12.2. The first kappa shape index (κ1) is 12.4. The summed E-state index contributed by atoms with van der Waals surface area (Å²) in [7, 11) is 0. The van der Waals surface area contributed by atoms with Crippen LogP contribution in [0.3, 0.4) is 0 Å². The Morgan fingerprint density at radius 2 is 1.95 bits per heavy atom. The normalized spacial score (nSPS) is 19.6. The Morgan fingerprint density at radius 3 is 2.68 bits per heavy atom. The van der Waals surface area contributed by atoms with E-state index >= 15 is 0 Å². The number of hydrogen-bond acceptors (Lipinski definition) is 2. The second-order valence-corrected chi connectivity index (χ2v) is 5.43. The summed E-state index contributed by atoms with van der Waals surface area (Å²) in [5.74, 6) is 0.500. The average molecular weight is 336 g/mol. The predicted octanol–water partition coefficient (Wildman–Crippen LogP) is 3.73. The number of fused-ring (bicyclic) bond motifs is 1. The Kier molecular flexibility index (Phi) is 3.12. The van der Waals surface area contributed by atoms with E-state index in [1.807, 2.05) is 18.2 Å². The first-order chi connectivity index (χ1) is 9.13. The number of nitrogens with zero attached hydrogens (tertiary/aromatic N) is 2. The number of amides is 1. The minimum Gasteiger partial charge on any atom is -0.266 e. The van der Waals surface area contributed by atoms with Gasteiger partial charge in [0.05, 0.1) is 0 Å². The van der Waals surface area contributed by atoms with Gasteiger partial charge in [-0.25, -0.2) is 4.99 Å². The maximum absolute atomic E-state index is 12.2. The molecule has 2 aliphatic heterocycles. The summed E-state index contributed by atoms with van der Waals surface area (Å²) < 4.78 is 0.840. The van der Waals surface area contributed by atoms with E-state index in [2.05, 4.69) is 20.9 Å². The molecule has 0 bridgehead atoms. The zero-order valence-corrected chi connectivity index (χ0v) is 12.0. The molecule has 0 aromatic heterocycles. The number of allylic oxidation sites excluding steroid dienone is 2. The molecule has 0 N–H and O–H groups in total. The van der Waals surface area contributed by atoms with Crippen LogP contribution in [-0.4, -0.2) is 16.6 Å². The van der Waals surface area contributed by atoms with Gasteiger partial charge in [-0.1, -0.05) is 23.7 Å². The van der Waals surface area contributed by atoms with Gasteiger partial charge in [0.25, 0.3) is 5.91 Å². The number of carbonyl (C=O) groups is 1. The summed E-state index contributed by atoms with van der Waals surface area (Å²) in [5.41, 5.74) is 1.31. The Labute approximate surface area is 123 Å². The highest BCUT2D eigenvalue weighted by Crippen LogP contribution is 2.25. The first-order valence-electron chi connectivity index (χ1n) is 5.58. The van der Waals surface area contributed by atoms with Crippen LogP contribution in [0.25, 0.3) is 6.08 Å². The number of rotatable bonds is 1. The lowest BCUT2D eigenvalue weighted by molar-refractivity contribution is -0.120. The van der Waals surface area contributed by atoms with Gasteiger partial charge < -0.3 is 0 Å². The third-order valence-electron chi connectivity index (χ3n) is 2.74. The van der Waals surface area contributed by atoms with Crippen LogP contribution in [0.5, 0.6) is 0 Å². The molecule has 19 heavy (non-hydrogen) atoms. The van der Waals surface area contributed by atoms with Crippen molar-refractivity contribution in [3.05, 3.63) is 63.4 Å². The van der Waals surface area contributed by atoms with Crippen molar-refractivity contribution < 1.29 is 4.79 Å². The fraction of sp³-hybridized carbons (Fsp3) is 0. The molecule has 3 rings (SSSR count). The Morgan fingerprint density at radius 1 is 1.21 bits per heavy atom. The molecule has 0 fully saturated rings. The number of halogens is 2. The predicted molar refractivity (Wildman–Crippen MR) is 79.9 cm³/mol. The van der Waals surface area contributed by atoms with Gasteiger partial charge in [0.2, 0.25) is 0 Å². The molecule has 3 nitrogen and oxygen atoms in total. The fourth-order valence-electron chi connectivity index (χ4n) is 1.83. The average Bonchev–Trinajstić information content (AvgIpc) is 2.70. The fourth-order valence-corrected chi connectivity index (χ4v) is 2.29. The molecule has 2 aliphatic rings. The highest BCUT2D eigenvalue weighted by molar-refractivity contribution is 9.11. The maximum Gasteiger partial charge on any atom is 0.282 e. The van der Waals surface area contributed by atoms with Crippen molar-refractivity contribution in [2.75, 3.05) is 0 Å². The van der Waals surface area contributed by atoms with E-state index in [1.54, 1.807) is 30.5 Å². The molecule has 0 atom stereocenters. The molecule has 0 spiro atoms. The van der Waals surface area contributed by atoms with E-state index in [1.165, 1.54) is 4.90 Å². The highest BCUT2D eigenvalue weighted by atomic mass is 79.9. The molecule has 0 unspecified atom stereocenters. The molecule has 5 heteroatoms. The second kappa shape index (κ2) is 4.79. The van der Waals surface area contributed by atoms with E-state index in [0.717, 1.165) is 10.0 Å². The molecule has 1 aromatic carbocycles. The van der Waals surface area contributed by atoms with Crippen LogP contribution >= 0.6 is 27.5 Å². The van der Waals surface area contributed by atoms with Crippen molar-refractivity contribution in [1.29, 1.82) is 0 Å². The Hall–Kier alpha value is -1.65. The molecule has 0 radical (unpaired) electrons. The largest absolute Gasteiger partial charge is 0.282 e. The van der Waals surface area contributed by atoms with E-state index < -0.39 is 0 Å². The molecular formula is C14H8BrClN2O. The molecule has 1 amide bonds. The summed E-state index contributed by atoms with van der Waals surface area (Å²) in [6, 6.07) is 7.26. The van der Waals surface area contributed by atoms with E-state index in [-0.39, 0.29) is 5.91 Å². The number of hydrogen-bond donors (Lipinski definition) is 0. The molecule has 0 saturated heterocycles. The zero-order chi connectivity index (χ0) is 13.4. The van der Waals surface area contributed by atoms with Gasteiger partial charge in [0.1, 0.15) is 11.5 Å². The summed E-state index contributed by atoms with van der Waals surface area (Å²) in [5, 5.41) is 0.665. The first-order valence-corrected chi connectivity index (χ1v) is 6.75. The highest BCUT2D eigenvalue weighted by Gasteiger charge is 2.28. The third kappa shape index (κ3) is 2.41. The third-order valence-corrected chi connectivity index (χ3v) is 3.46. The molecule has 94 valence electrons. The topological polar surface area (TPSA) is 32.7 Å². The van der Waals surface area contributed by atoms with Gasteiger partial charge in [0, 0.05) is 15.7 Å². The minimum absolute atomic E-state index is 0.133. The summed E-state index contributed by atoms with van der Waals surface area (Å²) in [6.07, 6.45) is 7.11. The zero-order valence-electron chi connectivity index (χ0n) is 9.68. The number of carbonyl (C=O) groups excluding carboxylic acids is 1. The van der Waals surface area contributed by atoms with E-state index in [9.17, 15) is 4.79 Å². The van der Waals surface area contributed by atoms with Gasteiger partial charge >= 0.3 is 0 Å². The van der Waals surface area contributed by atoms with Crippen LogP contribution in [0.2, 0.25) is 5.02 Å². The Bertz CT molecular complexity index is 671. The number of benzene rings is 1. The van der Waals surface area contributed by atoms with Crippen LogP contribution in [0, 0.1) is 0 Å². The molecule has 0 aliphatic carbocycles. The van der Waals surface area contributed by atoms with E-state index in [0.29, 0.717) is 16.6 Å². The van der Waals surface area contributed by atoms with Crippen molar-refractivity contribution in [2.24, 2.45) is 4.99 Å². The van der Waals surface area contributed by atoms with Crippen molar-refractivity contribution in [2.45, 2.75) is 0 Å². The van der Waals surface area contributed by atoms with Crippen LogP contribution < -0.4 is 0 Å². The van der Waals surface area contributed by atoms with Gasteiger partial charge in [0.15, 0.2) is 0 Å². The van der Waals surface area contributed by atoms with Crippen LogP contribution in [0.15, 0.2) is 57.8 Å². The number of amidine groups is 1. The molecule has 2 heterocycles. The number of aliphatic imine (C=N–C) groups is 1. The molecular weight excluding hydrogens is 328 g/mol. The van der Waals surface area contributed by atoms with Crippen molar-refractivity contribution >= 4 is 45.3 Å². The van der Waals surface area contributed by atoms with Gasteiger partial charge in [-0.15, -0.1) is 0 Å². The van der Waals surface area contributed by atoms with Crippen molar-refractivity contribution in [3.63, 3.8) is 0 Å². The summed E-state index contributed by atoms with van der Waals surface area (Å²) in [6.45, 7) is 0. The summed E-state index contributed by atoms with van der Waals surface area (Å²) >= 11 is 9.17. The summed E-state index contributed by atoms with van der Waals surface area (Å²) in [4.78, 5) is 18.0. The Balaban J connectivity index is 1.96. The van der Waals surface area contributed by atoms with Gasteiger partial charge in [-0.3, -0.25) is 9.69 Å². The smallest absolute Gasteiger partial charge is 0.266 e. The second-order valence-electron chi connectivity index (χ2n) is 4.07. The molecule has 0 saturated carbocycles. The lowest BCUT2D eigenvalue weighted by Gasteiger charge is -2.13.